The van der Waals surface area contributed by atoms with E-state index in [2.05, 4.69) is 31.3 Å². The van der Waals surface area contributed by atoms with E-state index in [1.165, 1.54) is 0 Å². The molecule has 4 rings (SSSR count). The first-order chi connectivity index (χ1) is 15.0. The van der Waals surface area contributed by atoms with Crippen LogP contribution in [0.15, 0.2) is 77.3 Å². The van der Waals surface area contributed by atoms with Gasteiger partial charge in [0.25, 0.3) is 5.91 Å². The summed E-state index contributed by atoms with van der Waals surface area (Å²) < 4.78 is 8.08. The third-order valence-corrected chi connectivity index (χ3v) is 5.09. The predicted octanol–water partition coefficient (Wildman–Crippen LogP) is 5.66. The number of benzene rings is 3. The summed E-state index contributed by atoms with van der Waals surface area (Å²) in [4.78, 5) is 17.4. The number of amides is 1. The Morgan fingerprint density at radius 1 is 1.06 bits per heavy atom. The van der Waals surface area contributed by atoms with Gasteiger partial charge in [0, 0.05) is 15.7 Å². The maximum atomic E-state index is 12.9. The lowest BCUT2D eigenvalue weighted by Gasteiger charge is -2.08. The van der Waals surface area contributed by atoms with E-state index in [0.717, 1.165) is 27.0 Å². The van der Waals surface area contributed by atoms with E-state index >= 15 is 0 Å². The highest BCUT2D eigenvalue weighted by Gasteiger charge is 2.19. The molecule has 0 radical (unpaired) electrons. The van der Waals surface area contributed by atoms with Gasteiger partial charge in [0.2, 0.25) is 5.82 Å². The number of ether oxygens (including phenoxy) is 1. The number of rotatable bonds is 6. The van der Waals surface area contributed by atoms with Gasteiger partial charge < -0.3 is 10.1 Å². The number of aryl methyl sites for hydroxylation is 1. The monoisotopic (exact) mass is 476 g/mol. The molecular formula is C24H21BrN4O2. The molecule has 0 saturated heterocycles. The first-order valence-corrected chi connectivity index (χ1v) is 10.7. The first-order valence-electron chi connectivity index (χ1n) is 9.88. The molecule has 0 unspecified atom stereocenters. The highest BCUT2D eigenvalue weighted by molar-refractivity contribution is 9.10. The van der Waals surface area contributed by atoms with Crippen molar-refractivity contribution in [3.05, 3.63) is 88.7 Å². The largest absolute Gasteiger partial charge is 0.494 e. The molecule has 0 fully saturated rings. The van der Waals surface area contributed by atoms with Gasteiger partial charge in [0.05, 0.1) is 12.3 Å². The molecule has 0 spiro atoms. The lowest BCUT2D eigenvalue weighted by Crippen LogP contribution is -2.14. The average Bonchev–Trinajstić information content (AvgIpc) is 3.21. The topological polar surface area (TPSA) is 69.0 Å². The van der Waals surface area contributed by atoms with Gasteiger partial charge >= 0.3 is 0 Å². The molecule has 0 bridgehead atoms. The summed E-state index contributed by atoms with van der Waals surface area (Å²) in [6.45, 7) is 4.56. The molecule has 3 aromatic carbocycles. The Kier molecular flexibility index (Phi) is 6.13. The number of carbonyl (C=O) groups excluding carboxylic acids is 1. The van der Waals surface area contributed by atoms with Gasteiger partial charge in [-0.3, -0.25) is 4.79 Å². The zero-order chi connectivity index (χ0) is 21.8. The van der Waals surface area contributed by atoms with Crippen LogP contribution in [0.3, 0.4) is 0 Å². The van der Waals surface area contributed by atoms with Crippen LogP contribution in [0.4, 0.5) is 5.69 Å². The number of carbonyl (C=O) groups is 1. The van der Waals surface area contributed by atoms with Gasteiger partial charge in [-0.25, -0.2) is 9.67 Å². The van der Waals surface area contributed by atoms with Crippen molar-refractivity contribution in [2.45, 2.75) is 13.8 Å². The van der Waals surface area contributed by atoms with Crippen molar-refractivity contribution < 1.29 is 9.53 Å². The van der Waals surface area contributed by atoms with Crippen molar-refractivity contribution in [2.24, 2.45) is 0 Å². The van der Waals surface area contributed by atoms with Crippen molar-refractivity contribution in [1.29, 1.82) is 0 Å². The maximum Gasteiger partial charge on any atom is 0.295 e. The Balaban J connectivity index is 1.72. The molecule has 0 atom stereocenters. The van der Waals surface area contributed by atoms with Crippen LogP contribution in [0.25, 0.3) is 17.1 Å². The lowest BCUT2D eigenvalue weighted by molar-refractivity contribution is 0.101. The fraction of sp³-hybridized carbons (Fsp3) is 0.125. The molecule has 6 nitrogen and oxygen atoms in total. The molecule has 4 aromatic rings. The van der Waals surface area contributed by atoms with Crippen molar-refractivity contribution in [3.63, 3.8) is 0 Å². The van der Waals surface area contributed by atoms with E-state index in [1.807, 2.05) is 86.6 Å². The first kappa shape index (κ1) is 20.8. The molecule has 0 aliphatic rings. The van der Waals surface area contributed by atoms with Crippen LogP contribution in [-0.4, -0.2) is 27.3 Å². The van der Waals surface area contributed by atoms with Gasteiger partial charge in [0.15, 0.2) is 5.82 Å². The van der Waals surface area contributed by atoms with Crippen LogP contribution >= 0.6 is 15.9 Å². The average molecular weight is 477 g/mol. The third-order valence-electron chi connectivity index (χ3n) is 4.59. The van der Waals surface area contributed by atoms with E-state index in [1.54, 1.807) is 4.68 Å². The summed E-state index contributed by atoms with van der Waals surface area (Å²) in [6, 6.07) is 22.9. The Morgan fingerprint density at radius 2 is 1.81 bits per heavy atom. The summed E-state index contributed by atoms with van der Waals surface area (Å²) in [5.41, 5.74) is 3.46. The van der Waals surface area contributed by atoms with Crippen LogP contribution in [0.2, 0.25) is 0 Å². The number of hydrogen-bond acceptors (Lipinski definition) is 4. The molecule has 1 amide bonds. The second-order valence-corrected chi connectivity index (χ2v) is 7.84. The molecule has 1 N–H and O–H groups in total. The molecule has 0 aliphatic carbocycles. The Bertz CT molecular complexity index is 1200. The zero-order valence-electron chi connectivity index (χ0n) is 17.2. The quantitative estimate of drug-likeness (QED) is 0.389. The van der Waals surface area contributed by atoms with Crippen molar-refractivity contribution in [3.8, 4) is 22.8 Å². The van der Waals surface area contributed by atoms with Gasteiger partial charge in [-0.2, -0.15) is 0 Å². The number of hydrogen-bond donors (Lipinski definition) is 1. The summed E-state index contributed by atoms with van der Waals surface area (Å²) in [6.07, 6.45) is 0. The summed E-state index contributed by atoms with van der Waals surface area (Å²) in [5, 5.41) is 7.36. The van der Waals surface area contributed by atoms with Crippen molar-refractivity contribution in [2.75, 3.05) is 11.9 Å². The highest BCUT2D eigenvalue weighted by atomic mass is 79.9. The normalized spacial score (nSPS) is 10.7. The standard InChI is InChI=1S/C24H21BrN4O2/c1-3-31-21-13-11-20(12-14-21)29-23(17-9-7-16(2)8-10-17)27-22(28-29)24(30)26-19-6-4-5-18(25)15-19/h4-15H,3H2,1-2H3,(H,26,30). The fourth-order valence-corrected chi connectivity index (χ4v) is 3.48. The minimum absolute atomic E-state index is 0.0874. The number of nitrogens with one attached hydrogen (secondary N) is 1. The third kappa shape index (κ3) is 4.83. The van der Waals surface area contributed by atoms with Crippen LogP contribution in [0.1, 0.15) is 23.1 Å². The van der Waals surface area contributed by atoms with Gasteiger partial charge in [-0.05, 0) is 56.3 Å². The Hall–Kier alpha value is -3.45. The molecule has 0 saturated carbocycles. The minimum Gasteiger partial charge on any atom is -0.494 e. The smallest absolute Gasteiger partial charge is 0.295 e. The van der Waals surface area contributed by atoms with Crippen molar-refractivity contribution in [1.82, 2.24) is 14.8 Å². The minimum atomic E-state index is -0.379. The molecule has 31 heavy (non-hydrogen) atoms. The van der Waals surface area contributed by atoms with E-state index < -0.39 is 0 Å². The van der Waals surface area contributed by atoms with Crippen LogP contribution < -0.4 is 10.1 Å². The van der Waals surface area contributed by atoms with E-state index in [9.17, 15) is 4.79 Å². The summed E-state index contributed by atoms with van der Waals surface area (Å²) in [5.74, 6) is 1.07. The zero-order valence-corrected chi connectivity index (χ0v) is 18.8. The van der Waals surface area contributed by atoms with Crippen LogP contribution in [0.5, 0.6) is 5.75 Å². The van der Waals surface area contributed by atoms with Gasteiger partial charge in [-0.15, -0.1) is 5.10 Å². The van der Waals surface area contributed by atoms with Gasteiger partial charge in [0.1, 0.15) is 5.75 Å². The SMILES string of the molecule is CCOc1ccc(-n2nc(C(=O)Nc3cccc(Br)c3)nc2-c2ccc(C)cc2)cc1. The molecular weight excluding hydrogens is 456 g/mol. The Morgan fingerprint density at radius 3 is 2.48 bits per heavy atom. The lowest BCUT2D eigenvalue weighted by atomic mass is 10.1. The molecule has 1 aromatic heterocycles. The number of nitrogens with zero attached hydrogens (tertiary/aromatic N) is 3. The van der Waals surface area contributed by atoms with Crippen molar-refractivity contribution >= 4 is 27.5 Å². The molecule has 7 heteroatoms. The molecule has 1 heterocycles. The number of halogens is 1. The fourth-order valence-electron chi connectivity index (χ4n) is 3.08. The number of anilines is 1. The second kappa shape index (κ2) is 9.14. The van der Waals surface area contributed by atoms with E-state index in [-0.39, 0.29) is 11.7 Å². The molecule has 0 aliphatic heterocycles. The predicted molar refractivity (Wildman–Crippen MR) is 125 cm³/mol. The van der Waals surface area contributed by atoms with E-state index in [0.29, 0.717) is 18.1 Å². The van der Waals surface area contributed by atoms with Crippen LogP contribution in [0, 0.1) is 6.92 Å². The van der Waals surface area contributed by atoms with Gasteiger partial charge in [-0.1, -0.05) is 51.8 Å². The molecule has 156 valence electrons. The second-order valence-electron chi connectivity index (χ2n) is 6.93. The summed E-state index contributed by atoms with van der Waals surface area (Å²) in [7, 11) is 0. The number of aromatic nitrogens is 3. The summed E-state index contributed by atoms with van der Waals surface area (Å²) >= 11 is 3.41. The highest BCUT2D eigenvalue weighted by Crippen LogP contribution is 2.24. The van der Waals surface area contributed by atoms with E-state index in [4.69, 9.17) is 4.74 Å². The maximum absolute atomic E-state index is 12.9. The van der Waals surface area contributed by atoms with Crippen LogP contribution in [-0.2, 0) is 0 Å². The Labute approximate surface area is 189 Å².